The molecule has 0 fully saturated rings. The topological polar surface area (TPSA) is 139 Å². The molecule has 2 heterocycles. The number of rotatable bonds is 7. The number of carboxylic acid groups (broad SMARTS) is 1. The van der Waals surface area contributed by atoms with Crippen LogP contribution in [0.5, 0.6) is 0 Å². The number of amides is 1. The standard InChI is InChI=1S/C19H20ClN5O5S/c1-11(12-7-5-4-6-8-12)16(22-19(26)27)18-24-23-17(30-18)13-9-14(20)21-15(10-13)25(2)31(3,28)29/h4-11,16,22H,1-3H3,(H,26,27)/t11?,16-/m1/s1. The molecule has 0 saturated carbocycles. The maximum atomic E-state index is 11.8. The molecular weight excluding hydrogens is 446 g/mol. The van der Waals surface area contributed by atoms with Crippen molar-refractivity contribution in [2.45, 2.75) is 18.9 Å². The first kappa shape index (κ1) is 22.5. The van der Waals surface area contributed by atoms with Gasteiger partial charge >= 0.3 is 6.09 Å². The number of benzene rings is 1. The molecule has 3 aromatic rings. The predicted molar refractivity (Wildman–Crippen MR) is 115 cm³/mol. The van der Waals surface area contributed by atoms with Gasteiger partial charge in [-0.2, -0.15) is 0 Å². The SMILES string of the molecule is CC(c1ccccc1)[C@@H](NC(=O)O)c1nnc(-c2cc(Cl)nc(N(C)S(C)(=O)=O)c2)o1. The Morgan fingerprint density at radius 1 is 1.23 bits per heavy atom. The molecule has 2 atom stereocenters. The zero-order chi connectivity index (χ0) is 22.8. The summed E-state index contributed by atoms with van der Waals surface area (Å²) in [7, 11) is -2.23. The predicted octanol–water partition coefficient (Wildman–Crippen LogP) is 3.29. The number of sulfonamides is 1. The van der Waals surface area contributed by atoms with E-state index in [0.29, 0.717) is 5.56 Å². The molecule has 1 unspecified atom stereocenters. The van der Waals surface area contributed by atoms with Gasteiger partial charge in [-0.15, -0.1) is 10.2 Å². The van der Waals surface area contributed by atoms with Crippen LogP contribution in [0.1, 0.15) is 30.3 Å². The molecule has 0 aliphatic carbocycles. The Hall–Kier alpha value is -3.18. The Morgan fingerprint density at radius 3 is 2.52 bits per heavy atom. The molecule has 10 nitrogen and oxygen atoms in total. The third-order valence-electron chi connectivity index (χ3n) is 4.66. The van der Waals surface area contributed by atoms with Crippen molar-refractivity contribution in [3.63, 3.8) is 0 Å². The number of carbonyl (C=O) groups is 1. The minimum absolute atomic E-state index is 0.0283. The molecule has 0 radical (unpaired) electrons. The number of pyridine rings is 1. The Labute approximate surface area is 183 Å². The van der Waals surface area contributed by atoms with E-state index < -0.39 is 22.2 Å². The van der Waals surface area contributed by atoms with E-state index in [1.807, 2.05) is 37.3 Å². The van der Waals surface area contributed by atoms with Crippen molar-refractivity contribution in [2.75, 3.05) is 17.6 Å². The Morgan fingerprint density at radius 2 is 1.90 bits per heavy atom. The van der Waals surface area contributed by atoms with Gasteiger partial charge in [-0.1, -0.05) is 48.9 Å². The largest absolute Gasteiger partial charge is 0.465 e. The number of nitrogens with one attached hydrogen (secondary N) is 1. The summed E-state index contributed by atoms with van der Waals surface area (Å²) in [6.45, 7) is 1.84. The highest BCUT2D eigenvalue weighted by Gasteiger charge is 2.28. The number of hydrogen-bond acceptors (Lipinski definition) is 7. The summed E-state index contributed by atoms with van der Waals surface area (Å²) in [5.41, 5.74) is 1.22. The molecule has 164 valence electrons. The maximum Gasteiger partial charge on any atom is 0.405 e. The molecule has 0 bridgehead atoms. The van der Waals surface area contributed by atoms with E-state index >= 15 is 0 Å². The Kier molecular flexibility index (Phi) is 6.46. The van der Waals surface area contributed by atoms with Gasteiger partial charge in [0.05, 0.1) is 6.26 Å². The minimum atomic E-state index is -3.56. The van der Waals surface area contributed by atoms with Gasteiger partial charge in [0, 0.05) is 18.5 Å². The first-order valence-corrected chi connectivity index (χ1v) is 11.3. The van der Waals surface area contributed by atoms with Crippen molar-refractivity contribution in [2.24, 2.45) is 0 Å². The zero-order valence-corrected chi connectivity index (χ0v) is 18.4. The van der Waals surface area contributed by atoms with Gasteiger partial charge in [0.25, 0.3) is 0 Å². The molecule has 0 aliphatic heterocycles. The molecule has 3 rings (SSSR count). The van der Waals surface area contributed by atoms with Crippen LogP contribution in [0.3, 0.4) is 0 Å². The summed E-state index contributed by atoms with van der Waals surface area (Å²) < 4.78 is 30.4. The third kappa shape index (κ3) is 5.30. The monoisotopic (exact) mass is 465 g/mol. The van der Waals surface area contributed by atoms with Crippen LogP contribution in [0.25, 0.3) is 11.5 Å². The normalized spacial score (nSPS) is 13.4. The maximum absolute atomic E-state index is 11.8. The quantitative estimate of drug-likeness (QED) is 0.507. The van der Waals surface area contributed by atoms with Crippen molar-refractivity contribution < 1.29 is 22.7 Å². The van der Waals surface area contributed by atoms with Gasteiger partial charge in [-0.3, -0.25) is 4.31 Å². The van der Waals surface area contributed by atoms with Gasteiger partial charge in [-0.25, -0.2) is 18.2 Å². The number of halogens is 1. The highest BCUT2D eigenvalue weighted by molar-refractivity contribution is 7.92. The van der Waals surface area contributed by atoms with Crippen molar-refractivity contribution in [3.8, 4) is 11.5 Å². The Balaban J connectivity index is 1.98. The summed E-state index contributed by atoms with van der Waals surface area (Å²) >= 11 is 6.05. The molecule has 1 amide bonds. The van der Waals surface area contributed by atoms with Crippen molar-refractivity contribution >= 4 is 33.5 Å². The summed E-state index contributed by atoms with van der Waals surface area (Å²) in [4.78, 5) is 15.4. The summed E-state index contributed by atoms with van der Waals surface area (Å²) in [5, 5.41) is 19.7. The lowest BCUT2D eigenvalue weighted by Crippen LogP contribution is -2.30. The molecule has 12 heteroatoms. The average molecular weight is 466 g/mol. The Bertz CT molecular complexity index is 1190. The van der Waals surface area contributed by atoms with Crippen LogP contribution in [-0.4, -0.2) is 48.1 Å². The van der Waals surface area contributed by atoms with E-state index in [9.17, 15) is 18.3 Å². The van der Waals surface area contributed by atoms with Crippen LogP contribution in [0.15, 0.2) is 46.9 Å². The second-order valence-electron chi connectivity index (χ2n) is 6.84. The fourth-order valence-corrected chi connectivity index (χ4v) is 3.53. The lowest BCUT2D eigenvalue weighted by atomic mass is 9.93. The smallest absolute Gasteiger partial charge is 0.405 e. The highest BCUT2D eigenvalue weighted by atomic mass is 35.5. The highest BCUT2D eigenvalue weighted by Crippen LogP contribution is 2.32. The number of nitrogens with zero attached hydrogens (tertiary/aromatic N) is 4. The summed E-state index contributed by atoms with van der Waals surface area (Å²) in [5.74, 6) is -0.138. The van der Waals surface area contributed by atoms with Crippen LogP contribution >= 0.6 is 11.6 Å². The van der Waals surface area contributed by atoms with Crippen molar-refractivity contribution in [1.82, 2.24) is 20.5 Å². The van der Waals surface area contributed by atoms with Crippen LogP contribution in [0.2, 0.25) is 5.15 Å². The molecule has 0 aliphatic rings. The molecule has 31 heavy (non-hydrogen) atoms. The first-order valence-electron chi connectivity index (χ1n) is 9.06. The summed E-state index contributed by atoms with van der Waals surface area (Å²) in [6, 6.07) is 11.4. The van der Waals surface area contributed by atoms with E-state index in [0.717, 1.165) is 16.1 Å². The van der Waals surface area contributed by atoms with E-state index in [1.54, 1.807) is 0 Å². The zero-order valence-electron chi connectivity index (χ0n) is 16.9. The fraction of sp³-hybridized carbons (Fsp3) is 0.263. The van der Waals surface area contributed by atoms with Crippen LogP contribution < -0.4 is 9.62 Å². The number of aromatic nitrogens is 3. The van der Waals surface area contributed by atoms with E-state index in [-0.39, 0.29) is 28.7 Å². The van der Waals surface area contributed by atoms with E-state index in [4.69, 9.17) is 16.0 Å². The van der Waals surface area contributed by atoms with Gasteiger partial charge < -0.3 is 14.8 Å². The second kappa shape index (κ2) is 8.90. The van der Waals surface area contributed by atoms with Gasteiger partial charge in [0.15, 0.2) is 0 Å². The molecule has 1 aromatic carbocycles. The van der Waals surface area contributed by atoms with Crippen molar-refractivity contribution in [1.29, 1.82) is 0 Å². The number of anilines is 1. The van der Waals surface area contributed by atoms with Crippen molar-refractivity contribution in [3.05, 3.63) is 59.1 Å². The van der Waals surface area contributed by atoms with Crippen LogP contribution in [-0.2, 0) is 10.0 Å². The van der Waals surface area contributed by atoms with Gasteiger partial charge in [0.2, 0.25) is 21.8 Å². The lowest BCUT2D eigenvalue weighted by Gasteiger charge is -2.21. The second-order valence-corrected chi connectivity index (χ2v) is 9.24. The first-order chi connectivity index (χ1) is 14.6. The molecule has 0 spiro atoms. The molecular formula is C19H20ClN5O5S. The molecule has 2 aromatic heterocycles. The van der Waals surface area contributed by atoms with E-state index in [2.05, 4.69) is 20.5 Å². The van der Waals surface area contributed by atoms with Gasteiger partial charge in [0.1, 0.15) is 17.0 Å². The molecule has 0 saturated heterocycles. The van der Waals surface area contributed by atoms with E-state index in [1.165, 1.54) is 19.2 Å². The lowest BCUT2D eigenvalue weighted by molar-refractivity contribution is 0.185. The number of hydrogen-bond donors (Lipinski definition) is 2. The fourth-order valence-electron chi connectivity index (χ4n) is 2.90. The minimum Gasteiger partial charge on any atom is -0.465 e. The average Bonchev–Trinajstić information content (AvgIpc) is 3.20. The van der Waals surface area contributed by atoms with Crippen LogP contribution in [0, 0.1) is 0 Å². The third-order valence-corrected chi connectivity index (χ3v) is 6.03. The summed E-state index contributed by atoms with van der Waals surface area (Å²) in [6.07, 6.45) is -0.204. The van der Waals surface area contributed by atoms with Gasteiger partial charge in [-0.05, 0) is 17.7 Å². The molecule has 2 N–H and O–H groups in total. The van der Waals surface area contributed by atoms with Crippen LogP contribution in [0.4, 0.5) is 10.6 Å².